The maximum Gasteiger partial charge on any atom is 0.337 e. The first-order valence-corrected chi connectivity index (χ1v) is 14.7. The van der Waals surface area contributed by atoms with Crippen LogP contribution in [0.2, 0.25) is 0 Å². The van der Waals surface area contributed by atoms with E-state index in [1.54, 1.807) is 11.8 Å². The van der Waals surface area contributed by atoms with Gasteiger partial charge in [0.05, 0.1) is 18.7 Å². The number of hydrogen-bond acceptors (Lipinski definition) is 4. The molecule has 0 aliphatic carbocycles. The van der Waals surface area contributed by atoms with Crippen LogP contribution in [0.1, 0.15) is 122 Å². The van der Waals surface area contributed by atoms with Gasteiger partial charge in [-0.15, -0.1) is 0 Å². The highest BCUT2D eigenvalue weighted by atomic mass is 16.5. The van der Waals surface area contributed by atoms with Crippen LogP contribution < -0.4 is 10.6 Å². The second kappa shape index (κ2) is 17.6. The monoisotopic (exact) mass is 527 g/mol. The summed E-state index contributed by atoms with van der Waals surface area (Å²) in [7, 11) is 1.35. The Morgan fingerprint density at radius 3 is 2.13 bits per heavy atom. The molecule has 212 valence electrons. The zero-order chi connectivity index (χ0) is 27.8. The highest BCUT2D eigenvalue weighted by Crippen LogP contribution is 2.32. The van der Waals surface area contributed by atoms with Crippen LogP contribution in [0.4, 0.5) is 10.5 Å². The smallest absolute Gasteiger partial charge is 0.337 e. The standard InChI is InChI=1S/C31H49N3O4/c1-5-7-9-10-11-12-13-14-15-16-17-21-27(35)32-26-20-18-19-25(23-26)29-28(30(36)38-4)24(3)34(22-8-6-2)31(37)33-29/h18-20,23,29H,5-17,21-22H2,1-4H3,(H,32,35)(H,33,37)/t29-/m0/s1. The first-order valence-electron chi connectivity index (χ1n) is 14.7. The van der Waals surface area contributed by atoms with Crippen molar-refractivity contribution in [2.24, 2.45) is 0 Å². The number of anilines is 1. The number of allylic oxidation sites excluding steroid dienone is 1. The molecule has 38 heavy (non-hydrogen) atoms. The predicted molar refractivity (Wildman–Crippen MR) is 154 cm³/mol. The van der Waals surface area contributed by atoms with Gasteiger partial charge in [0.1, 0.15) is 0 Å². The predicted octanol–water partition coefficient (Wildman–Crippen LogP) is 7.64. The average molecular weight is 528 g/mol. The summed E-state index contributed by atoms with van der Waals surface area (Å²) in [5, 5.41) is 5.94. The number of nitrogens with zero attached hydrogens (tertiary/aromatic N) is 1. The van der Waals surface area contributed by atoms with Gasteiger partial charge in [-0.25, -0.2) is 9.59 Å². The van der Waals surface area contributed by atoms with Gasteiger partial charge in [0.15, 0.2) is 0 Å². The van der Waals surface area contributed by atoms with E-state index in [-0.39, 0.29) is 11.9 Å². The van der Waals surface area contributed by atoms with E-state index >= 15 is 0 Å². The lowest BCUT2D eigenvalue weighted by molar-refractivity contribution is -0.136. The van der Waals surface area contributed by atoms with Gasteiger partial charge in [-0.3, -0.25) is 9.69 Å². The Bertz CT molecular complexity index is 927. The molecule has 1 aliphatic heterocycles. The molecule has 0 aromatic heterocycles. The molecule has 0 saturated heterocycles. The summed E-state index contributed by atoms with van der Waals surface area (Å²) in [6, 6.07) is 6.45. The molecule has 1 aromatic rings. The number of carbonyl (C=O) groups is 3. The van der Waals surface area contributed by atoms with E-state index in [4.69, 9.17) is 4.74 Å². The number of amides is 3. The molecule has 0 radical (unpaired) electrons. The van der Waals surface area contributed by atoms with Gasteiger partial charge in [0, 0.05) is 24.4 Å². The van der Waals surface area contributed by atoms with Crippen LogP contribution in [-0.2, 0) is 14.3 Å². The summed E-state index contributed by atoms with van der Waals surface area (Å²) >= 11 is 0. The van der Waals surface area contributed by atoms with E-state index in [1.165, 1.54) is 64.9 Å². The summed E-state index contributed by atoms with van der Waals surface area (Å²) in [6.45, 7) is 6.63. The third kappa shape index (κ3) is 10.1. The molecule has 0 fully saturated rings. The van der Waals surface area contributed by atoms with Crippen molar-refractivity contribution in [2.45, 2.75) is 117 Å². The maximum atomic E-state index is 12.9. The molecular weight excluding hydrogens is 478 g/mol. The summed E-state index contributed by atoms with van der Waals surface area (Å²) in [6.07, 6.45) is 16.0. The van der Waals surface area contributed by atoms with Crippen LogP contribution in [-0.4, -0.2) is 36.5 Å². The molecule has 7 heteroatoms. The molecule has 3 amide bonds. The van der Waals surface area contributed by atoms with E-state index in [0.29, 0.717) is 29.9 Å². The van der Waals surface area contributed by atoms with Crippen LogP contribution in [0.3, 0.4) is 0 Å². The van der Waals surface area contributed by atoms with E-state index in [2.05, 4.69) is 24.5 Å². The highest BCUT2D eigenvalue weighted by Gasteiger charge is 2.36. The molecule has 1 aliphatic rings. The molecule has 1 atom stereocenters. The Morgan fingerprint density at radius 1 is 0.921 bits per heavy atom. The fraction of sp³-hybridized carbons (Fsp3) is 0.645. The number of benzene rings is 1. The Hall–Kier alpha value is -2.83. The number of rotatable bonds is 18. The number of hydrogen-bond donors (Lipinski definition) is 2. The second-order valence-electron chi connectivity index (χ2n) is 10.3. The SMILES string of the molecule is CCCCCCCCCCCCCC(=O)Nc1cccc([C@@H]2NC(=O)N(CCCC)C(C)=C2C(=O)OC)c1. The van der Waals surface area contributed by atoms with Crippen LogP contribution >= 0.6 is 0 Å². The summed E-state index contributed by atoms with van der Waals surface area (Å²) in [5.74, 6) is -0.490. The first-order chi connectivity index (χ1) is 18.4. The molecule has 0 spiro atoms. The minimum absolute atomic E-state index is 0.0172. The molecule has 0 bridgehead atoms. The fourth-order valence-corrected chi connectivity index (χ4v) is 4.96. The molecule has 2 rings (SSSR count). The molecule has 0 saturated carbocycles. The number of carbonyl (C=O) groups excluding carboxylic acids is 3. The lowest BCUT2D eigenvalue weighted by atomic mass is 9.94. The minimum atomic E-state index is -0.642. The number of unbranched alkanes of at least 4 members (excludes halogenated alkanes) is 11. The zero-order valence-electron chi connectivity index (χ0n) is 24.1. The third-order valence-corrected chi connectivity index (χ3v) is 7.25. The van der Waals surface area contributed by atoms with Crippen molar-refractivity contribution in [1.29, 1.82) is 0 Å². The second-order valence-corrected chi connectivity index (χ2v) is 10.3. The van der Waals surface area contributed by atoms with Crippen LogP contribution in [0.25, 0.3) is 0 Å². The molecule has 7 nitrogen and oxygen atoms in total. The van der Waals surface area contributed by atoms with Gasteiger partial charge >= 0.3 is 12.0 Å². The number of nitrogens with one attached hydrogen (secondary N) is 2. The Morgan fingerprint density at radius 2 is 1.53 bits per heavy atom. The lowest BCUT2D eigenvalue weighted by Crippen LogP contribution is -2.48. The molecule has 1 aromatic carbocycles. The van der Waals surface area contributed by atoms with Gasteiger partial charge in [-0.2, -0.15) is 0 Å². The fourth-order valence-electron chi connectivity index (χ4n) is 4.96. The Balaban J connectivity index is 1.88. The Labute approximate surface area is 229 Å². The summed E-state index contributed by atoms with van der Waals surface area (Å²) in [5.41, 5.74) is 2.39. The number of esters is 1. The molecule has 0 unspecified atom stereocenters. The zero-order valence-corrected chi connectivity index (χ0v) is 24.1. The third-order valence-electron chi connectivity index (χ3n) is 7.25. The van der Waals surface area contributed by atoms with E-state index in [0.717, 1.165) is 31.2 Å². The minimum Gasteiger partial charge on any atom is -0.466 e. The maximum absolute atomic E-state index is 12.9. The number of ether oxygens (including phenoxy) is 1. The normalized spacial score (nSPS) is 15.4. The van der Waals surface area contributed by atoms with Crippen molar-refractivity contribution in [3.8, 4) is 0 Å². The molecular formula is C31H49N3O4. The lowest BCUT2D eigenvalue weighted by Gasteiger charge is -2.35. The van der Waals surface area contributed by atoms with Crippen LogP contribution in [0.15, 0.2) is 35.5 Å². The van der Waals surface area contributed by atoms with Gasteiger partial charge in [0.25, 0.3) is 0 Å². The van der Waals surface area contributed by atoms with Crippen molar-refractivity contribution in [3.05, 3.63) is 41.1 Å². The number of methoxy groups -OCH3 is 1. The van der Waals surface area contributed by atoms with Crippen molar-refractivity contribution in [2.75, 3.05) is 19.0 Å². The topological polar surface area (TPSA) is 87.7 Å². The van der Waals surface area contributed by atoms with Crippen LogP contribution in [0, 0.1) is 0 Å². The van der Waals surface area contributed by atoms with Gasteiger partial charge in [0.2, 0.25) is 5.91 Å². The quantitative estimate of drug-likeness (QED) is 0.152. The van der Waals surface area contributed by atoms with Crippen molar-refractivity contribution >= 4 is 23.6 Å². The summed E-state index contributed by atoms with van der Waals surface area (Å²) < 4.78 is 5.06. The highest BCUT2D eigenvalue weighted by molar-refractivity contribution is 5.95. The largest absolute Gasteiger partial charge is 0.466 e. The average Bonchev–Trinajstić information content (AvgIpc) is 2.91. The van der Waals surface area contributed by atoms with Gasteiger partial charge < -0.3 is 15.4 Å². The first kappa shape index (κ1) is 31.4. The Kier molecular flexibility index (Phi) is 14.6. The number of urea groups is 1. The molecule has 2 N–H and O–H groups in total. The van der Waals surface area contributed by atoms with E-state index < -0.39 is 12.0 Å². The van der Waals surface area contributed by atoms with Crippen molar-refractivity contribution < 1.29 is 19.1 Å². The van der Waals surface area contributed by atoms with E-state index in [9.17, 15) is 14.4 Å². The summed E-state index contributed by atoms with van der Waals surface area (Å²) in [4.78, 5) is 39.7. The van der Waals surface area contributed by atoms with Gasteiger partial charge in [-0.1, -0.05) is 96.6 Å². The van der Waals surface area contributed by atoms with Crippen LogP contribution in [0.5, 0.6) is 0 Å². The van der Waals surface area contributed by atoms with E-state index in [1.807, 2.05) is 24.3 Å². The van der Waals surface area contributed by atoms with Crippen molar-refractivity contribution in [3.63, 3.8) is 0 Å². The van der Waals surface area contributed by atoms with Gasteiger partial charge in [-0.05, 0) is 37.5 Å². The molecule has 1 heterocycles. The van der Waals surface area contributed by atoms with Crippen molar-refractivity contribution in [1.82, 2.24) is 10.2 Å².